The number of benzene rings is 1. The molecule has 2 rings (SSSR count). The summed E-state index contributed by atoms with van der Waals surface area (Å²) in [6.45, 7) is 5.75. The number of nitrogens with one attached hydrogen (secondary N) is 1. The minimum atomic E-state index is -0.415. The summed E-state index contributed by atoms with van der Waals surface area (Å²) in [7, 11) is 0. The summed E-state index contributed by atoms with van der Waals surface area (Å²) in [5, 5.41) is 17.8. The molecule has 0 spiro atoms. The van der Waals surface area contributed by atoms with Gasteiger partial charge in [-0.1, -0.05) is 5.16 Å². The van der Waals surface area contributed by atoms with Crippen LogP contribution in [0.2, 0.25) is 0 Å². The van der Waals surface area contributed by atoms with Crippen molar-refractivity contribution >= 4 is 11.4 Å². The van der Waals surface area contributed by atoms with Gasteiger partial charge in [0.25, 0.3) is 5.69 Å². The lowest BCUT2D eigenvalue weighted by Gasteiger charge is -2.14. The highest BCUT2D eigenvalue weighted by molar-refractivity contribution is 5.50. The van der Waals surface area contributed by atoms with Crippen molar-refractivity contribution in [2.75, 3.05) is 5.32 Å². The molecule has 0 fully saturated rings. The number of aromatic nitrogens is 1. The van der Waals surface area contributed by atoms with Crippen molar-refractivity contribution in [1.29, 1.82) is 0 Å². The average Bonchev–Trinajstić information content (AvgIpc) is 2.69. The van der Waals surface area contributed by atoms with Gasteiger partial charge in [-0.3, -0.25) is 10.1 Å². The third kappa shape index (κ3) is 2.73. The lowest BCUT2D eigenvalue weighted by Crippen LogP contribution is -2.08. The van der Waals surface area contributed by atoms with Gasteiger partial charge in [-0.15, -0.1) is 0 Å². The molecule has 100 valence electrons. The molecule has 0 aliphatic carbocycles. The number of aryl methyl sites for hydroxylation is 2. The molecule has 1 unspecified atom stereocenters. The maximum atomic E-state index is 10.6. The Morgan fingerprint density at radius 3 is 2.42 bits per heavy atom. The van der Waals surface area contributed by atoms with Crippen LogP contribution >= 0.6 is 0 Å². The fraction of sp³-hybridized carbons (Fsp3) is 0.308. The minimum absolute atomic E-state index is 0.0210. The Bertz CT molecular complexity index is 570. The highest BCUT2D eigenvalue weighted by atomic mass is 16.6. The van der Waals surface area contributed by atoms with Crippen LogP contribution in [0.4, 0.5) is 11.4 Å². The summed E-state index contributed by atoms with van der Waals surface area (Å²) in [6.07, 6.45) is 0. The first kappa shape index (κ1) is 13.1. The van der Waals surface area contributed by atoms with Crippen LogP contribution in [0.25, 0.3) is 0 Å². The Hall–Kier alpha value is -2.37. The molecule has 1 N–H and O–H groups in total. The molecule has 0 radical (unpaired) electrons. The Morgan fingerprint density at radius 2 is 1.95 bits per heavy atom. The van der Waals surface area contributed by atoms with Crippen LogP contribution < -0.4 is 5.32 Å². The molecule has 0 amide bonds. The first-order valence-corrected chi connectivity index (χ1v) is 5.93. The van der Waals surface area contributed by atoms with E-state index >= 15 is 0 Å². The molecule has 1 heterocycles. The van der Waals surface area contributed by atoms with E-state index in [1.54, 1.807) is 12.1 Å². The van der Waals surface area contributed by atoms with Crippen molar-refractivity contribution < 1.29 is 9.45 Å². The Morgan fingerprint density at radius 1 is 1.32 bits per heavy atom. The van der Waals surface area contributed by atoms with Crippen molar-refractivity contribution in [3.63, 3.8) is 0 Å². The number of nitrogens with zero attached hydrogens (tertiary/aromatic N) is 2. The predicted molar refractivity (Wildman–Crippen MR) is 71.1 cm³/mol. The van der Waals surface area contributed by atoms with Crippen molar-refractivity contribution in [1.82, 2.24) is 5.16 Å². The number of rotatable bonds is 4. The van der Waals surface area contributed by atoms with Crippen molar-refractivity contribution in [2.24, 2.45) is 0 Å². The van der Waals surface area contributed by atoms with Gasteiger partial charge in [0.05, 0.1) is 16.7 Å². The highest BCUT2D eigenvalue weighted by Gasteiger charge is 2.16. The van der Waals surface area contributed by atoms with E-state index in [9.17, 15) is 10.1 Å². The van der Waals surface area contributed by atoms with Gasteiger partial charge in [-0.2, -0.15) is 0 Å². The zero-order valence-corrected chi connectivity index (χ0v) is 11.0. The molecule has 2 aromatic rings. The zero-order valence-electron chi connectivity index (χ0n) is 11.0. The number of non-ortho nitro benzene ring substituents is 1. The summed E-state index contributed by atoms with van der Waals surface area (Å²) >= 11 is 0. The van der Waals surface area contributed by atoms with E-state index in [1.807, 2.05) is 20.8 Å². The molecule has 19 heavy (non-hydrogen) atoms. The lowest BCUT2D eigenvalue weighted by atomic mass is 10.1. The molecule has 6 nitrogen and oxygen atoms in total. The van der Waals surface area contributed by atoms with Gasteiger partial charge < -0.3 is 9.84 Å². The molecule has 6 heteroatoms. The molecule has 0 aliphatic rings. The van der Waals surface area contributed by atoms with Crippen molar-refractivity contribution in [3.05, 3.63) is 51.4 Å². The van der Waals surface area contributed by atoms with Crippen LogP contribution in [0.5, 0.6) is 0 Å². The van der Waals surface area contributed by atoms with Gasteiger partial charge in [-0.25, -0.2) is 0 Å². The Labute approximate surface area is 110 Å². The number of hydrogen-bond acceptors (Lipinski definition) is 5. The van der Waals surface area contributed by atoms with E-state index in [1.165, 1.54) is 12.1 Å². The summed E-state index contributed by atoms with van der Waals surface area (Å²) in [5.74, 6) is 0.777. The maximum Gasteiger partial charge on any atom is 0.269 e. The first-order chi connectivity index (χ1) is 8.99. The molecular formula is C13H15N3O3. The van der Waals surface area contributed by atoms with Gasteiger partial charge in [-0.05, 0) is 32.9 Å². The van der Waals surface area contributed by atoms with Gasteiger partial charge >= 0.3 is 0 Å². The van der Waals surface area contributed by atoms with E-state index in [4.69, 9.17) is 4.52 Å². The van der Waals surface area contributed by atoms with E-state index in [-0.39, 0.29) is 11.7 Å². The molecule has 1 aromatic carbocycles. The van der Waals surface area contributed by atoms with Crippen LogP contribution in [0.15, 0.2) is 28.8 Å². The van der Waals surface area contributed by atoms with Crippen LogP contribution in [0, 0.1) is 24.0 Å². The van der Waals surface area contributed by atoms with Gasteiger partial charge in [0.15, 0.2) is 0 Å². The lowest BCUT2D eigenvalue weighted by molar-refractivity contribution is -0.384. The third-order valence-corrected chi connectivity index (χ3v) is 2.98. The highest BCUT2D eigenvalue weighted by Crippen LogP contribution is 2.25. The van der Waals surface area contributed by atoms with E-state index < -0.39 is 4.92 Å². The number of hydrogen-bond donors (Lipinski definition) is 1. The van der Waals surface area contributed by atoms with E-state index in [2.05, 4.69) is 10.5 Å². The standard InChI is InChI=1S/C13H15N3O3/c1-8(13-9(2)15-19-10(13)3)14-11-4-6-12(7-5-11)16(17)18/h4-8,14H,1-3H3. The second kappa shape index (κ2) is 5.09. The third-order valence-electron chi connectivity index (χ3n) is 2.98. The van der Waals surface area contributed by atoms with Crippen LogP contribution in [-0.4, -0.2) is 10.1 Å². The van der Waals surface area contributed by atoms with Gasteiger partial charge in [0, 0.05) is 23.4 Å². The second-order valence-electron chi connectivity index (χ2n) is 4.41. The van der Waals surface area contributed by atoms with E-state index in [0.29, 0.717) is 0 Å². The molecular weight excluding hydrogens is 246 g/mol. The minimum Gasteiger partial charge on any atom is -0.378 e. The fourth-order valence-electron chi connectivity index (χ4n) is 2.11. The fourth-order valence-corrected chi connectivity index (χ4v) is 2.11. The molecule has 0 saturated heterocycles. The molecule has 0 bridgehead atoms. The predicted octanol–water partition coefficient (Wildman–Crippen LogP) is 3.37. The molecule has 1 aromatic heterocycles. The Balaban J connectivity index is 2.15. The topological polar surface area (TPSA) is 81.2 Å². The van der Waals surface area contributed by atoms with Crippen molar-refractivity contribution in [2.45, 2.75) is 26.8 Å². The average molecular weight is 261 g/mol. The largest absolute Gasteiger partial charge is 0.378 e. The normalized spacial score (nSPS) is 12.2. The Kier molecular flexibility index (Phi) is 3.50. The molecule has 1 atom stereocenters. The van der Waals surface area contributed by atoms with E-state index in [0.717, 1.165) is 22.7 Å². The summed E-state index contributed by atoms with van der Waals surface area (Å²) < 4.78 is 5.13. The summed E-state index contributed by atoms with van der Waals surface area (Å²) in [6, 6.07) is 6.34. The molecule has 0 saturated carbocycles. The zero-order chi connectivity index (χ0) is 14.0. The quantitative estimate of drug-likeness (QED) is 0.674. The van der Waals surface area contributed by atoms with Gasteiger partial charge in [0.2, 0.25) is 0 Å². The SMILES string of the molecule is Cc1noc(C)c1C(C)Nc1ccc([N+](=O)[O-])cc1. The summed E-state index contributed by atoms with van der Waals surface area (Å²) in [5.41, 5.74) is 2.76. The second-order valence-corrected chi connectivity index (χ2v) is 4.41. The maximum absolute atomic E-state index is 10.6. The van der Waals surface area contributed by atoms with Gasteiger partial charge in [0.1, 0.15) is 5.76 Å². The van der Waals surface area contributed by atoms with Crippen LogP contribution in [0.1, 0.15) is 30.0 Å². The van der Waals surface area contributed by atoms with Crippen molar-refractivity contribution in [3.8, 4) is 0 Å². The summed E-state index contributed by atoms with van der Waals surface area (Å²) in [4.78, 5) is 10.2. The smallest absolute Gasteiger partial charge is 0.269 e. The number of anilines is 1. The first-order valence-electron chi connectivity index (χ1n) is 5.93. The number of nitro benzene ring substituents is 1. The molecule has 0 aliphatic heterocycles. The van der Waals surface area contributed by atoms with Crippen LogP contribution in [0.3, 0.4) is 0 Å². The number of nitro groups is 1. The van der Waals surface area contributed by atoms with Crippen LogP contribution in [-0.2, 0) is 0 Å². The monoisotopic (exact) mass is 261 g/mol.